The zero-order valence-electron chi connectivity index (χ0n) is 18.8. The number of carbonyl (C=O) groups excluding carboxylic acids is 1. The number of hydrogen-bond acceptors (Lipinski definition) is 6. The highest BCUT2D eigenvalue weighted by Crippen LogP contribution is 2.35. The number of nitrogens with zero attached hydrogens (tertiary/aromatic N) is 5. The molecular formula is C23H29IN6O2. The highest BCUT2D eigenvalue weighted by atomic mass is 127. The molecule has 2 N–H and O–H groups in total. The van der Waals surface area contributed by atoms with Gasteiger partial charge in [-0.05, 0) is 61.1 Å². The van der Waals surface area contributed by atoms with Gasteiger partial charge in [0.1, 0.15) is 11.3 Å². The lowest BCUT2D eigenvalue weighted by Gasteiger charge is -2.34. The summed E-state index contributed by atoms with van der Waals surface area (Å²) in [4.78, 5) is 25.2. The first-order valence-corrected chi connectivity index (χ1v) is 12.0. The third-order valence-corrected chi connectivity index (χ3v) is 6.66. The standard InChI is InChI=1S/C23H29IN6O2/c1-14(2)30-13-19-20(22(30)32)26-23(29-11-9-28(10-12-29)16(4)31)27-21(19)25-15(3)17-5-7-18(24)8-6-17/h5-8,13-15,32H,9-12H2,1-4H3,(H,25,26,27)/t15-/m1/s1. The van der Waals surface area contributed by atoms with Gasteiger partial charge in [0.05, 0.1) is 5.39 Å². The van der Waals surface area contributed by atoms with Gasteiger partial charge < -0.3 is 24.8 Å². The van der Waals surface area contributed by atoms with Gasteiger partial charge in [-0.3, -0.25) is 4.79 Å². The van der Waals surface area contributed by atoms with Crippen molar-refractivity contribution in [2.24, 2.45) is 0 Å². The van der Waals surface area contributed by atoms with Crippen molar-refractivity contribution in [3.63, 3.8) is 0 Å². The van der Waals surface area contributed by atoms with E-state index in [-0.39, 0.29) is 23.9 Å². The van der Waals surface area contributed by atoms with Crippen LogP contribution < -0.4 is 10.2 Å². The van der Waals surface area contributed by atoms with Crippen molar-refractivity contribution in [2.75, 3.05) is 36.4 Å². The van der Waals surface area contributed by atoms with Crippen LogP contribution in [0.1, 0.15) is 45.3 Å². The molecule has 0 unspecified atom stereocenters. The molecule has 0 saturated carbocycles. The topological polar surface area (TPSA) is 86.5 Å². The minimum absolute atomic E-state index is 0.0250. The number of piperazine rings is 1. The SMILES string of the molecule is CC(=O)N1CCN(c2nc(N[C@H](C)c3ccc(I)cc3)c3cn(C(C)C)c(O)c3n2)CC1. The monoisotopic (exact) mass is 548 g/mol. The summed E-state index contributed by atoms with van der Waals surface area (Å²) in [5.41, 5.74) is 1.69. The van der Waals surface area contributed by atoms with Gasteiger partial charge in [0, 0.05) is 55.0 Å². The number of carbonyl (C=O) groups is 1. The molecule has 2 aromatic heterocycles. The Balaban J connectivity index is 1.71. The Kier molecular flexibility index (Phi) is 6.45. The predicted octanol–water partition coefficient (Wildman–Crippen LogP) is 4.16. The molecule has 1 aliphatic heterocycles. The first-order chi connectivity index (χ1) is 15.2. The van der Waals surface area contributed by atoms with Crippen LogP contribution in [0, 0.1) is 3.57 Å². The molecule has 3 heterocycles. The number of nitrogens with one attached hydrogen (secondary N) is 1. The Morgan fingerprint density at radius 3 is 2.34 bits per heavy atom. The minimum atomic E-state index is 0.0250. The number of hydrogen-bond donors (Lipinski definition) is 2. The quantitative estimate of drug-likeness (QED) is 0.466. The Hall–Kier alpha value is -2.56. The van der Waals surface area contributed by atoms with E-state index in [2.05, 4.69) is 64.0 Å². The van der Waals surface area contributed by atoms with Gasteiger partial charge in [-0.25, -0.2) is 4.98 Å². The molecule has 1 aliphatic rings. The van der Waals surface area contributed by atoms with E-state index < -0.39 is 0 Å². The second-order valence-electron chi connectivity index (χ2n) is 8.50. The van der Waals surface area contributed by atoms with E-state index in [4.69, 9.17) is 9.97 Å². The van der Waals surface area contributed by atoms with Crippen molar-refractivity contribution in [1.29, 1.82) is 0 Å². The average Bonchev–Trinajstić information content (AvgIpc) is 3.11. The highest BCUT2D eigenvalue weighted by Gasteiger charge is 2.24. The van der Waals surface area contributed by atoms with Crippen LogP contribution >= 0.6 is 22.6 Å². The lowest BCUT2D eigenvalue weighted by atomic mass is 10.1. The van der Waals surface area contributed by atoms with Gasteiger partial charge in [-0.15, -0.1) is 0 Å². The number of benzene rings is 1. The largest absolute Gasteiger partial charge is 0.493 e. The second-order valence-corrected chi connectivity index (χ2v) is 9.74. The molecule has 0 bridgehead atoms. The molecule has 3 aromatic rings. The normalized spacial score (nSPS) is 15.4. The molecule has 0 spiro atoms. The summed E-state index contributed by atoms with van der Waals surface area (Å²) in [5.74, 6) is 1.49. The molecule has 1 fully saturated rings. The Labute approximate surface area is 201 Å². The zero-order chi connectivity index (χ0) is 23.0. The van der Waals surface area contributed by atoms with Gasteiger partial charge in [0.25, 0.3) is 0 Å². The van der Waals surface area contributed by atoms with E-state index in [1.54, 1.807) is 6.92 Å². The number of amides is 1. The second kappa shape index (κ2) is 9.13. The molecule has 8 nitrogen and oxygen atoms in total. The fourth-order valence-corrected chi connectivity index (χ4v) is 4.34. The molecule has 9 heteroatoms. The van der Waals surface area contributed by atoms with Gasteiger partial charge in [-0.2, -0.15) is 4.98 Å². The Morgan fingerprint density at radius 1 is 1.09 bits per heavy atom. The van der Waals surface area contributed by atoms with Crippen LogP contribution in [0.3, 0.4) is 0 Å². The van der Waals surface area contributed by atoms with E-state index in [0.717, 1.165) is 10.9 Å². The molecule has 0 aliphatic carbocycles. The first kappa shape index (κ1) is 22.6. The van der Waals surface area contributed by atoms with Crippen molar-refractivity contribution >= 4 is 51.2 Å². The number of rotatable bonds is 5. The van der Waals surface area contributed by atoms with Gasteiger partial charge in [0.15, 0.2) is 0 Å². The summed E-state index contributed by atoms with van der Waals surface area (Å²) >= 11 is 2.30. The number of fused-ring (bicyclic) bond motifs is 1. The van der Waals surface area contributed by atoms with Crippen LogP contribution in [0.25, 0.3) is 10.9 Å². The lowest BCUT2D eigenvalue weighted by molar-refractivity contribution is -0.129. The van der Waals surface area contributed by atoms with Crippen LogP contribution in [-0.2, 0) is 4.79 Å². The van der Waals surface area contributed by atoms with Gasteiger partial charge >= 0.3 is 0 Å². The molecule has 0 radical (unpaired) electrons. The molecular weight excluding hydrogens is 519 g/mol. The summed E-state index contributed by atoms with van der Waals surface area (Å²) < 4.78 is 3.01. The Bertz CT molecular complexity index is 1120. The molecule has 4 rings (SSSR count). The smallest absolute Gasteiger partial charge is 0.228 e. The average molecular weight is 548 g/mol. The van der Waals surface area contributed by atoms with Crippen LogP contribution in [-0.4, -0.2) is 56.6 Å². The number of anilines is 2. The minimum Gasteiger partial charge on any atom is -0.493 e. The van der Waals surface area contributed by atoms with E-state index in [1.165, 1.54) is 3.57 Å². The third-order valence-electron chi connectivity index (χ3n) is 5.95. The summed E-state index contributed by atoms with van der Waals surface area (Å²) in [6, 6.07) is 8.51. The van der Waals surface area contributed by atoms with E-state index in [9.17, 15) is 9.90 Å². The van der Waals surface area contributed by atoms with Crippen LogP contribution in [0.5, 0.6) is 5.88 Å². The molecule has 1 aromatic carbocycles. The van der Waals surface area contributed by atoms with Crippen LogP contribution in [0.4, 0.5) is 11.8 Å². The van der Waals surface area contributed by atoms with Crippen molar-refractivity contribution in [2.45, 2.75) is 39.8 Å². The molecule has 1 atom stereocenters. The highest BCUT2D eigenvalue weighted by molar-refractivity contribution is 14.1. The maximum absolute atomic E-state index is 11.7. The number of aromatic hydroxyl groups is 1. The molecule has 32 heavy (non-hydrogen) atoms. The molecule has 1 saturated heterocycles. The number of halogens is 1. The van der Waals surface area contributed by atoms with Crippen LogP contribution in [0.15, 0.2) is 30.5 Å². The summed E-state index contributed by atoms with van der Waals surface area (Å²) in [7, 11) is 0. The van der Waals surface area contributed by atoms with Crippen molar-refractivity contribution in [3.05, 3.63) is 39.6 Å². The number of aromatic nitrogens is 3. The molecule has 1 amide bonds. The fraction of sp³-hybridized carbons (Fsp3) is 0.435. The maximum atomic E-state index is 11.7. The summed E-state index contributed by atoms with van der Waals surface area (Å²) in [6.07, 6.45) is 1.91. The van der Waals surface area contributed by atoms with E-state index >= 15 is 0 Å². The van der Waals surface area contributed by atoms with Crippen molar-refractivity contribution in [1.82, 2.24) is 19.4 Å². The fourth-order valence-electron chi connectivity index (χ4n) is 3.98. The first-order valence-electron chi connectivity index (χ1n) is 10.9. The lowest BCUT2D eigenvalue weighted by Crippen LogP contribution is -2.48. The predicted molar refractivity (Wildman–Crippen MR) is 135 cm³/mol. The summed E-state index contributed by atoms with van der Waals surface area (Å²) in [6.45, 7) is 10.3. The van der Waals surface area contributed by atoms with Crippen molar-refractivity contribution < 1.29 is 9.90 Å². The zero-order valence-corrected chi connectivity index (χ0v) is 21.0. The van der Waals surface area contributed by atoms with E-state index in [0.29, 0.717) is 43.5 Å². The summed E-state index contributed by atoms with van der Waals surface area (Å²) in [5, 5.41) is 15.2. The van der Waals surface area contributed by atoms with Gasteiger partial charge in [-0.1, -0.05) is 12.1 Å². The van der Waals surface area contributed by atoms with Crippen LogP contribution in [0.2, 0.25) is 0 Å². The third kappa shape index (κ3) is 4.48. The Morgan fingerprint density at radius 2 is 1.75 bits per heavy atom. The molecule has 170 valence electrons. The van der Waals surface area contributed by atoms with Crippen molar-refractivity contribution in [3.8, 4) is 5.88 Å². The maximum Gasteiger partial charge on any atom is 0.228 e. The van der Waals surface area contributed by atoms with E-state index in [1.807, 2.05) is 29.5 Å². The van der Waals surface area contributed by atoms with Gasteiger partial charge in [0.2, 0.25) is 17.7 Å².